The van der Waals surface area contributed by atoms with Crippen LogP contribution in [0.1, 0.15) is 36.2 Å². The highest BCUT2D eigenvalue weighted by Gasteiger charge is 2.21. The molecule has 1 N–H and O–H groups in total. The summed E-state index contributed by atoms with van der Waals surface area (Å²) in [5, 5.41) is 10.0. The van der Waals surface area contributed by atoms with Crippen molar-refractivity contribution in [1.29, 1.82) is 0 Å². The first kappa shape index (κ1) is 11.4. The lowest BCUT2D eigenvalue weighted by Crippen LogP contribution is -2.19. The molecule has 1 unspecified atom stereocenters. The van der Waals surface area contributed by atoms with Crippen LogP contribution in [0.25, 0.3) is 0 Å². The van der Waals surface area contributed by atoms with Gasteiger partial charge in [-0.25, -0.2) is 9.37 Å². The van der Waals surface area contributed by atoms with Crippen molar-refractivity contribution in [3.8, 4) is 0 Å². The maximum Gasteiger partial charge on any atom is 0.132 e. The Balaban J connectivity index is 1.95. The van der Waals surface area contributed by atoms with Gasteiger partial charge in [-0.3, -0.25) is 0 Å². The van der Waals surface area contributed by atoms with E-state index in [0.29, 0.717) is 12.0 Å². The summed E-state index contributed by atoms with van der Waals surface area (Å²) in [6.45, 7) is 0. The molecule has 0 saturated heterocycles. The molecule has 1 atom stereocenters. The molecule has 0 radical (unpaired) electrons. The molecule has 0 aliphatic carbocycles. The van der Waals surface area contributed by atoms with Gasteiger partial charge in [0, 0.05) is 18.3 Å². The Kier molecular flexibility index (Phi) is 2.88. The summed E-state index contributed by atoms with van der Waals surface area (Å²) in [6.07, 6.45) is 4.35. The van der Waals surface area contributed by atoms with Gasteiger partial charge in [-0.05, 0) is 30.9 Å². The van der Waals surface area contributed by atoms with Crippen LogP contribution >= 0.6 is 0 Å². The number of imidazole rings is 1. The van der Waals surface area contributed by atoms with Crippen LogP contribution < -0.4 is 0 Å². The summed E-state index contributed by atoms with van der Waals surface area (Å²) in [4.78, 5) is 4.32. The fraction of sp³-hybridized carbons (Fsp3) is 0.357. The zero-order valence-corrected chi connectivity index (χ0v) is 10.0. The number of aliphatic hydroxyl groups is 1. The Morgan fingerprint density at radius 3 is 3.06 bits per heavy atom. The van der Waals surface area contributed by atoms with Crippen LogP contribution in [0.4, 0.5) is 4.39 Å². The number of fused-ring (bicyclic) bond motifs is 1. The van der Waals surface area contributed by atoms with Gasteiger partial charge in [-0.1, -0.05) is 18.2 Å². The molecule has 0 amide bonds. The molecule has 1 aliphatic rings. The molecular formula is C14H15FN2O. The van der Waals surface area contributed by atoms with Crippen LogP contribution in [-0.4, -0.2) is 14.7 Å². The highest BCUT2D eigenvalue weighted by atomic mass is 19.1. The van der Waals surface area contributed by atoms with Crippen molar-refractivity contribution in [2.45, 2.75) is 31.9 Å². The van der Waals surface area contributed by atoms with Crippen LogP contribution in [0.5, 0.6) is 0 Å². The van der Waals surface area contributed by atoms with E-state index >= 15 is 0 Å². The van der Waals surface area contributed by atoms with Crippen LogP contribution in [0.15, 0.2) is 30.5 Å². The number of halogens is 1. The van der Waals surface area contributed by atoms with Gasteiger partial charge < -0.3 is 9.67 Å². The minimum Gasteiger partial charge on any atom is -0.373 e. The summed E-state index contributed by atoms with van der Waals surface area (Å²) in [7, 11) is 0. The van der Waals surface area contributed by atoms with E-state index in [4.69, 9.17) is 0 Å². The molecule has 94 valence electrons. The van der Waals surface area contributed by atoms with Crippen molar-refractivity contribution in [1.82, 2.24) is 9.55 Å². The molecule has 2 aromatic rings. The summed E-state index contributed by atoms with van der Waals surface area (Å²) in [6, 6.07) is 6.70. The van der Waals surface area contributed by atoms with E-state index in [9.17, 15) is 9.50 Å². The third-order valence-electron chi connectivity index (χ3n) is 3.45. The largest absolute Gasteiger partial charge is 0.373 e. The quantitative estimate of drug-likeness (QED) is 0.883. The Hall–Kier alpha value is -1.68. The van der Waals surface area contributed by atoms with Gasteiger partial charge in [0.05, 0.1) is 0 Å². The lowest BCUT2D eigenvalue weighted by molar-refractivity contribution is 0.0762. The number of aromatic nitrogens is 2. The molecule has 18 heavy (non-hydrogen) atoms. The zero-order valence-electron chi connectivity index (χ0n) is 10.0. The van der Waals surface area contributed by atoms with E-state index in [1.807, 2.05) is 10.6 Å². The molecule has 3 nitrogen and oxygen atoms in total. The van der Waals surface area contributed by atoms with Gasteiger partial charge in [-0.15, -0.1) is 0 Å². The molecule has 4 heteroatoms. The van der Waals surface area contributed by atoms with Gasteiger partial charge in [0.15, 0.2) is 0 Å². The van der Waals surface area contributed by atoms with Crippen molar-refractivity contribution >= 4 is 0 Å². The summed E-state index contributed by atoms with van der Waals surface area (Å²) in [5.74, 6) is 0.516. The Bertz CT molecular complexity index is 565. The summed E-state index contributed by atoms with van der Waals surface area (Å²) >= 11 is 0. The Labute approximate surface area is 105 Å². The molecule has 0 fully saturated rings. The van der Waals surface area contributed by atoms with Crippen molar-refractivity contribution in [3.05, 3.63) is 53.4 Å². The van der Waals surface area contributed by atoms with E-state index in [2.05, 4.69) is 4.98 Å². The minimum absolute atomic E-state index is 0.222. The average Bonchev–Trinajstić information content (AvgIpc) is 2.77. The Morgan fingerprint density at radius 2 is 2.22 bits per heavy atom. The number of rotatable bonds is 2. The molecule has 1 aromatic carbocycles. The van der Waals surface area contributed by atoms with Crippen LogP contribution in [0.3, 0.4) is 0 Å². The van der Waals surface area contributed by atoms with Crippen LogP contribution in [0.2, 0.25) is 0 Å². The van der Waals surface area contributed by atoms with Crippen molar-refractivity contribution in [3.63, 3.8) is 0 Å². The third-order valence-corrected chi connectivity index (χ3v) is 3.45. The number of aryl methyl sites for hydroxylation is 1. The standard InChI is InChI=1S/C14H15FN2O/c15-12-6-2-1-4-10(12)8-13-16-9-11-5-3-7-14(18)17(11)13/h1-2,4,6,9,14,18H,3,5,7-8H2. The number of aliphatic hydroxyl groups excluding tert-OH is 1. The number of hydrogen-bond acceptors (Lipinski definition) is 2. The predicted molar refractivity (Wildman–Crippen MR) is 65.6 cm³/mol. The first-order valence-electron chi connectivity index (χ1n) is 6.22. The predicted octanol–water partition coefficient (Wildman–Crippen LogP) is 2.44. The monoisotopic (exact) mass is 246 g/mol. The zero-order chi connectivity index (χ0) is 12.5. The Morgan fingerprint density at radius 1 is 1.39 bits per heavy atom. The first-order valence-corrected chi connectivity index (χ1v) is 6.22. The molecule has 1 aliphatic heterocycles. The molecule has 0 saturated carbocycles. The van der Waals surface area contributed by atoms with Gasteiger partial charge in [0.25, 0.3) is 0 Å². The van der Waals surface area contributed by atoms with E-state index in [0.717, 1.165) is 30.8 Å². The number of benzene rings is 1. The third kappa shape index (κ3) is 1.93. The normalized spacial score (nSPS) is 18.7. The fourth-order valence-corrected chi connectivity index (χ4v) is 2.53. The maximum atomic E-state index is 13.6. The van der Waals surface area contributed by atoms with Crippen LogP contribution in [0, 0.1) is 5.82 Å². The first-order chi connectivity index (χ1) is 8.75. The van der Waals surface area contributed by atoms with E-state index in [-0.39, 0.29) is 5.82 Å². The SMILES string of the molecule is OC1CCCc2cnc(Cc3ccccc3F)n21. The van der Waals surface area contributed by atoms with Gasteiger partial charge in [0.2, 0.25) is 0 Å². The van der Waals surface area contributed by atoms with Crippen LogP contribution in [-0.2, 0) is 12.8 Å². The summed E-state index contributed by atoms with van der Waals surface area (Å²) in [5.41, 5.74) is 1.66. The average molecular weight is 246 g/mol. The molecule has 3 rings (SSSR count). The number of nitrogens with zero attached hydrogens (tertiary/aromatic N) is 2. The number of hydrogen-bond donors (Lipinski definition) is 1. The van der Waals surface area contributed by atoms with Crippen molar-refractivity contribution < 1.29 is 9.50 Å². The van der Waals surface area contributed by atoms with Gasteiger partial charge >= 0.3 is 0 Å². The minimum atomic E-state index is -0.516. The fourth-order valence-electron chi connectivity index (χ4n) is 2.53. The smallest absolute Gasteiger partial charge is 0.132 e. The van der Waals surface area contributed by atoms with Crippen molar-refractivity contribution in [2.24, 2.45) is 0 Å². The highest BCUT2D eigenvalue weighted by Crippen LogP contribution is 2.25. The van der Waals surface area contributed by atoms with Gasteiger partial charge in [-0.2, -0.15) is 0 Å². The second-order valence-corrected chi connectivity index (χ2v) is 4.68. The van der Waals surface area contributed by atoms with E-state index in [1.165, 1.54) is 6.07 Å². The molecular weight excluding hydrogens is 231 g/mol. The second kappa shape index (κ2) is 4.53. The lowest BCUT2D eigenvalue weighted by atomic mass is 10.1. The topological polar surface area (TPSA) is 38.1 Å². The highest BCUT2D eigenvalue weighted by molar-refractivity contribution is 5.23. The second-order valence-electron chi connectivity index (χ2n) is 4.68. The molecule has 1 aromatic heterocycles. The maximum absolute atomic E-state index is 13.6. The van der Waals surface area contributed by atoms with Crippen molar-refractivity contribution in [2.75, 3.05) is 0 Å². The van der Waals surface area contributed by atoms with E-state index in [1.54, 1.807) is 18.3 Å². The molecule has 0 bridgehead atoms. The lowest BCUT2D eigenvalue weighted by Gasteiger charge is -2.22. The van der Waals surface area contributed by atoms with E-state index < -0.39 is 6.23 Å². The molecule has 0 spiro atoms. The molecule has 2 heterocycles. The van der Waals surface area contributed by atoms with Gasteiger partial charge in [0.1, 0.15) is 17.9 Å². The summed E-state index contributed by atoms with van der Waals surface area (Å²) < 4.78 is 15.5.